The number of sulfone groups is 1. The molecule has 0 unspecified atom stereocenters. The number of nitriles is 1. The molecule has 0 radical (unpaired) electrons. The number of halogens is 2. The Morgan fingerprint density at radius 3 is 2.28 bits per heavy atom. The van der Waals surface area contributed by atoms with Gasteiger partial charge in [0.05, 0.1) is 4.90 Å². The molecule has 0 spiro atoms. The monoisotopic (exact) mass is 443 g/mol. The summed E-state index contributed by atoms with van der Waals surface area (Å²) >= 11 is 12.3. The van der Waals surface area contributed by atoms with E-state index in [-0.39, 0.29) is 16.4 Å². The molecule has 0 fully saturated rings. The number of hydrogen-bond acceptors (Lipinski definition) is 4. The van der Waals surface area contributed by atoms with Gasteiger partial charge in [0.25, 0.3) is 0 Å². The third kappa shape index (κ3) is 4.99. The molecule has 0 atom stereocenters. The zero-order chi connectivity index (χ0) is 20.9. The van der Waals surface area contributed by atoms with Crippen LogP contribution in [0.2, 0.25) is 10.0 Å². The van der Waals surface area contributed by atoms with Crippen LogP contribution >= 0.6 is 23.2 Å². The Labute approximate surface area is 179 Å². The molecular weight excluding hydrogens is 429 g/mol. The molecular formula is C22H15Cl2NO3S. The van der Waals surface area contributed by atoms with E-state index in [2.05, 4.69) is 0 Å². The van der Waals surface area contributed by atoms with Crippen molar-refractivity contribution in [2.24, 2.45) is 0 Å². The van der Waals surface area contributed by atoms with Crippen LogP contribution in [0.3, 0.4) is 0 Å². The number of ether oxygens (including phenoxy) is 1. The van der Waals surface area contributed by atoms with Gasteiger partial charge in [-0.05, 0) is 48.0 Å². The summed E-state index contributed by atoms with van der Waals surface area (Å²) in [6.07, 6.45) is 1.32. The first kappa shape index (κ1) is 20.9. The van der Waals surface area contributed by atoms with E-state index in [9.17, 15) is 13.7 Å². The second kappa shape index (κ2) is 9.15. The fourth-order valence-corrected chi connectivity index (χ4v) is 4.26. The second-order valence-electron chi connectivity index (χ2n) is 6.00. The van der Waals surface area contributed by atoms with Gasteiger partial charge in [0, 0.05) is 15.6 Å². The molecule has 0 aliphatic rings. The summed E-state index contributed by atoms with van der Waals surface area (Å²) < 4.78 is 31.1. The van der Waals surface area contributed by atoms with Crippen LogP contribution in [0.4, 0.5) is 0 Å². The van der Waals surface area contributed by atoms with E-state index in [1.165, 1.54) is 18.2 Å². The lowest BCUT2D eigenvalue weighted by molar-refractivity contribution is 0.306. The molecule has 0 bridgehead atoms. The van der Waals surface area contributed by atoms with Crippen LogP contribution in [0.5, 0.6) is 5.75 Å². The largest absolute Gasteiger partial charge is 0.489 e. The van der Waals surface area contributed by atoms with Crippen LogP contribution in [0.15, 0.2) is 82.6 Å². The maximum atomic E-state index is 12.7. The number of nitrogens with zero attached hydrogens (tertiary/aromatic N) is 1. The van der Waals surface area contributed by atoms with Crippen molar-refractivity contribution in [1.29, 1.82) is 5.26 Å². The van der Waals surface area contributed by atoms with Gasteiger partial charge in [0.2, 0.25) is 9.84 Å². The molecule has 3 aromatic rings. The van der Waals surface area contributed by atoms with Crippen molar-refractivity contribution in [3.05, 3.63) is 98.9 Å². The quantitative estimate of drug-likeness (QED) is 0.444. The fraction of sp³-hybridized carbons (Fsp3) is 0.0455. The van der Waals surface area contributed by atoms with Crippen molar-refractivity contribution < 1.29 is 13.2 Å². The number of rotatable bonds is 6. The third-order valence-electron chi connectivity index (χ3n) is 4.05. The van der Waals surface area contributed by atoms with Gasteiger partial charge in [0.15, 0.2) is 0 Å². The lowest BCUT2D eigenvalue weighted by Gasteiger charge is -2.10. The van der Waals surface area contributed by atoms with Gasteiger partial charge < -0.3 is 4.74 Å². The zero-order valence-corrected chi connectivity index (χ0v) is 17.4. The average molecular weight is 444 g/mol. The first-order valence-electron chi connectivity index (χ1n) is 8.49. The Balaban J connectivity index is 1.86. The Hall–Kier alpha value is -2.78. The average Bonchev–Trinajstić information content (AvgIpc) is 2.72. The minimum atomic E-state index is -3.90. The van der Waals surface area contributed by atoms with Crippen LogP contribution < -0.4 is 4.74 Å². The number of hydrogen-bond donors (Lipinski definition) is 0. The minimum Gasteiger partial charge on any atom is -0.489 e. The van der Waals surface area contributed by atoms with Gasteiger partial charge in [-0.2, -0.15) is 5.26 Å². The summed E-state index contributed by atoms with van der Waals surface area (Å²) in [4.78, 5) is -0.288. The molecule has 3 aromatic carbocycles. The summed E-state index contributed by atoms with van der Waals surface area (Å²) in [6.45, 7) is 0.152. The molecule has 0 aliphatic heterocycles. The maximum absolute atomic E-state index is 12.7. The van der Waals surface area contributed by atoms with Gasteiger partial charge >= 0.3 is 0 Å². The predicted octanol–water partition coefficient (Wildman–Crippen LogP) is 5.91. The SMILES string of the molecule is N#C/C(=C/c1cccc(OCc2c(Cl)cccc2Cl)c1)S(=O)(=O)c1ccccc1. The van der Waals surface area contributed by atoms with E-state index in [1.807, 2.05) is 0 Å². The normalized spacial score (nSPS) is 11.7. The molecule has 3 rings (SSSR count). The summed E-state index contributed by atoms with van der Waals surface area (Å²) in [6, 6.07) is 21.6. The maximum Gasteiger partial charge on any atom is 0.216 e. The van der Waals surface area contributed by atoms with Crippen molar-refractivity contribution in [2.45, 2.75) is 11.5 Å². The van der Waals surface area contributed by atoms with E-state index < -0.39 is 9.84 Å². The van der Waals surface area contributed by atoms with Crippen LogP contribution in [0.25, 0.3) is 6.08 Å². The molecule has 7 heteroatoms. The first-order chi connectivity index (χ1) is 13.9. The Bertz CT molecular complexity index is 1180. The van der Waals surface area contributed by atoms with Crippen molar-refractivity contribution in [1.82, 2.24) is 0 Å². The van der Waals surface area contributed by atoms with Crippen molar-refractivity contribution in [2.75, 3.05) is 0 Å². The highest BCUT2D eigenvalue weighted by Crippen LogP contribution is 2.27. The highest BCUT2D eigenvalue weighted by Gasteiger charge is 2.20. The summed E-state index contributed by atoms with van der Waals surface area (Å²) in [5.74, 6) is 0.490. The summed E-state index contributed by atoms with van der Waals surface area (Å²) in [5, 5.41) is 10.4. The van der Waals surface area contributed by atoms with Crippen LogP contribution in [-0.2, 0) is 16.4 Å². The van der Waals surface area contributed by atoms with Gasteiger partial charge in [-0.1, -0.05) is 59.6 Å². The third-order valence-corrected chi connectivity index (χ3v) is 6.44. The molecule has 0 saturated carbocycles. The van der Waals surface area contributed by atoms with Crippen LogP contribution in [0, 0.1) is 11.3 Å². The molecule has 4 nitrogen and oxygen atoms in total. The van der Waals surface area contributed by atoms with E-state index in [0.29, 0.717) is 26.9 Å². The second-order valence-corrected chi connectivity index (χ2v) is 8.73. The zero-order valence-electron chi connectivity index (χ0n) is 15.0. The smallest absolute Gasteiger partial charge is 0.216 e. The first-order valence-corrected chi connectivity index (χ1v) is 10.7. The highest BCUT2D eigenvalue weighted by molar-refractivity contribution is 7.95. The summed E-state index contributed by atoms with van der Waals surface area (Å²) in [7, 11) is -3.90. The Morgan fingerprint density at radius 1 is 0.966 bits per heavy atom. The van der Waals surface area contributed by atoms with Crippen molar-refractivity contribution in [3.8, 4) is 11.8 Å². The van der Waals surface area contributed by atoms with E-state index in [0.717, 1.165) is 0 Å². The topological polar surface area (TPSA) is 67.2 Å². The molecule has 0 amide bonds. The summed E-state index contributed by atoms with van der Waals surface area (Å²) in [5.41, 5.74) is 1.17. The molecule has 146 valence electrons. The standard InChI is InChI=1S/C22H15Cl2NO3S/c23-21-10-5-11-22(24)20(21)15-28-17-7-4-6-16(12-17)13-19(14-25)29(26,27)18-8-2-1-3-9-18/h1-13H,15H2/b19-13-. The molecule has 29 heavy (non-hydrogen) atoms. The molecule has 0 aliphatic carbocycles. The minimum absolute atomic E-state index is 0.0635. The molecule has 0 saturated heterocycles. The molecule has 0 aromatic heterocycles. The number of allylic oxidation sites excluding steroid dienone is 1. The van der Waals surface area contributed by atoms with Gasteiger partial charge in [-0.25, -0.2) is 8.42 Å². The van der Waals surface area contributed by atoms with Crippen molar-refractivity contribution >= 4 is 39.1 Å². The van der Waals surface area contributed by atoms with Crippen molar-refractivity contribution in [3.63, 3.8) is 0 Å². The van der Waals surface area contributed by atoms with Crippen LogP contribution in [0.1, 0.15) is 11.1 Å². The lowest BCUT2D eigenvalue weighted by Crippen LogP contribution is -2.03. The molecule has 0 heterocycles. The number of benzene rings is 3. The van der Waals surface area contributed by atoms with Gasteiger partial charge in [0.1, 0.15) is 23.3 Å². The highest BCUT2D eigenvalue weighted by atomic mass is 35.5. The Kier molecular flexibility index (Phi) is 6.60. The van der Waals surface area contributed by atoms with E-state index in [4.69, 9.17) is 27.9 Å². The lowest BCUT2D eigenvalue weighted by atomic mass is 10.2. The van der Waals surface area contributed by atoms with Crippen LogP contribution in [-0.4, -0.2) is 8.42 Å². The molecule has 0 N–H and O–H groups in total. The Morgan fingerprint density at radius 2 is 1.62 bits per heavy atom. The van der Waals surface area contributed by atoms with Gasteiger partial charge in [-0.3, -0.25) is 0 Å². The van der Waals surface area contributed by atoms with Gasteiger partial charge in [-0.15, -0.1) is 0 Å². The predicted molar refractivity (Wildman–Crippen MR) is 114 cm³/mol. The fourth-order valence-electron chi connectivity index (χ4n) is 2.57. The van der Waals surface area contributed by atoms with E-state index >= 15 is 0 Å². The van der Waals surface area contributed by atoms with E-state index in [1.54, 1.807) is 66.7 Å².